The minimum Gasteiger partial charge on any atom is -0.351 e. The van der Waals surface area contributed by atoms with Crippen molar-refractivity contribution in [2.45, 2.75) is 111 Å². The molecule has 5 aliphatic rings. The second kappa shape index (κ2) is 7.22. The van der Waals surface area contributed by atoms with Gasteiger partial charge in [0.1, 0.15) is 0 Å². The van der Waals surface area contributed by atoms with Crippen LogP contribution in [0.15, 0.2) is 23.8 Å². The summed E-state index contributed by atoms with van der Waals surface area (Å²) < 4.78 is 0. The lowest BCUT2D eigenvalue weighted by atomic mass is 9.34. The minimum absolute atomic E-state index is 0.0989. The summed E-state index contributed by atoms with van der Waals surface area (Å²) in [7, 11) is 0. The Morgan fingerprint density at radius 2 is 1.69 bits per heavy atom. The van der Waals surface area contributed by atoms with Crippen LogP contribution in [-0.2, 0) is 4.79 Å². The predicted molar refractivity (Wildman–Crippen MR) is 133 cm³/mol. The maximum atomic E-state index is 12.6. The molecule has 0 bridgehead atoms. The summed E-state index contributed by atoms with van der Waals surface area (Å²) in [6, 6.07) is 0. The standard InChI is InChI=1S/C30H47NO/c1-19(2)21-10-8-9-20-13-17-29(6)22(26(20)21)11-12-24-28(5)16-15-25(32)31-27(3,4)23(28)14-18-30(24,29)7/h9,21-24,26H,1,8,10-18H2,2-7H3,(H,31,32)/t21-,22+,23-,24+,26+,28-,29+,30+/m0/s1. The molecule has 3 saturated carbocycles. The number of rotatable bonds is 1. The highest BCUT2D eigenvalue weighted by atomic mass is 16.1. The Hall–Kier alpha value is -1.05. The largest absolute Gasteiger partial charge is 0.351 e. The highest BCUT2D eigenvalue weighted by Gasteiger charge is 2.67. The molecule has 1 amide bonds. The van der Waals surface area contributed by atoms with Crippen LogP contribution in [0.3, 0.4) is 0 Å². The molecular weight excluding hydrogens is 390 g/mol. The number of carbonyl (C=O) groups is 1. The topological polar surface area (TPSA) is 29.1 Å². The number of hydrogen-bond donors (Lipinski definition) is 1. The van der Waals surface area contributed by atoms with Gasteiger partial charge in [0.2, 0.25) is 5.91 Å². The maximum Gasteiger partial charge on any atom is 0.220 e. The predicted octanol–water partition coefficient (Wildman–Crippen LogP) is 7.45. The first-order valence-electron chi connectivity index (χ1n) is 13.6. The lowest BCUT2D eigenvalue weighted by Gasteiger charge is -2.70. The fraction of sp³-hybridized carbons (Fsp3) is 0.833. The number of amides is 1. The number of nitrogens with one attached hydrogen (secondary N) is 1. The molecule has 178 valence electrons. The van der Waals surface area contributed by atoms with Gasteiger partial charge in [0.25, 0.3) is 0 Å². The van der Waals surface area contributed by atoms with E-state index in [-0.39, 0.29) is 16.9 Å². The molecule has 0 unspecified atom stereocenters. The lowest BCUT2D eigenvalue weighted by molar-refractivity contribution is -0.203. The van der Waals surface area contributed by atoms with E-state index >= 15 is 0 Å². The van der Waals surface area contributed by atoms with Crippen LogP contribution < -0.4 is 5.32 Å². The number of fused-ring (bicyclic) bond motifs is 7. The van der Waals surface area contributed by atoms with Crippen LogP contribution in [0.2, 0.25) is 0 Å². The molecule has 8 atom stereocenters. The van der Waals surface area contributed by atoms with Crippen LogP contribution in [0.5, 0.6) is 0 Å². The highest BCUT2D eigenvalue weighted by Crippen LogP contribution is 2.74. The molecule has 1 aliphatic heterocycles. The van der Waals surface area contributed by atoms with Crippen LogP contribution in [0, 0.1) is 45.8 Å². The first-order valence-corrected chi connectivity index (χ1v) is 13.6. The molecule has 0 aromatic rings. The van der Waals surface area contributed by atoms with E-state index in [4.69, 9.17) is 0 Å². The van der Waals surface area contributed by atoms with Gasteiger partial charge in [-0.05, 0) is 124 Å². The van der Waals surface area contributed by atoms with E-state index in [2.05, 4.69) is 59.5 Å². The van der Waals surface area contributed by atoms with Gasteiger partial charge in [-0.2, -0.15) is 0 Å². The zero-order valence-electron chi connectivity index (χ0n) is 21.7. The molecule has 0 radical (unpaired) electrons. The number of hydrogen-bond acceptors (Lipinski definition) is 1. The summed E-state index contributed by atoms with van der Waals surface area (Å²) in [6.07, 6.45) is 14.9. The molecular formula is C30H47NO. The summed E-state index contributed by atoms with van der Waals surface area (Å²) in [5.41, 5.74) is 4.11. The zero-order chi connectivity index (χ0) is 23.1. The Morgan fingerprint density at radius 1 is 0.938 bits per heavy atom. The van der Waals surface area contributed by atoms with Crippen molar-refractivity contribution in [1.29, 1.82) is 0 Å². The third kappa shape index (κ3) is 2.92. The van der Waals surface area contributed by atoms with Gasteiger partial charge in [-0.25, -0.2) is 0 Å². The van der Waals surface area contributed by atoms with Gasteiger partial charge in [0.15, 0.2) is 0 Å². The van der Waals surface area contributed by atoms with Gasteiger partial charge in [0.05, 0.1) is 0 Å². The maximum absolute atomic E-state index is 12.6. The van der Waals surface area contributed by atoms with E-state index in [1.807, 2.05) is 0 Å². The van der Waals surface area contributed by atoms with Crippen LogP contribution in [0.1, 0.15) is 106 Å². The van der Waals surface area contributed by atoms with Crippen molar-refractivity contribution in [2.75, 3.05) is 0 Å². The van der Waals surface area contributed by atoms with E-state index in [0.29, 0.717) is 29.1 Å². The first-order chi connectivity index (χ1) is 14.9. The van der Waals surface area contributed by atoms with Crippen LogP contribution in [0.4, 0.5) is 0 Å². The Kier molecular flexibility index (Phi) is 5.13. The third-order valence-corrected chi connectivity index (χ3v) is 12.2. The Bertz CT molecular complexity index is 853. The zero-order valence-corrected chi connectivity index (χ0v) is 21.7. The fourth-order valence-electron chi connectivity index (χ4n) is 10.6. The molecule has 1 N–H and O–H groups in total. The smallest absolute Gasteiger partial charge is 0.220 e. The molecule has 0 aromatic carbocycles. The SMILES string of the molecule is C=C(C)[C@@H]1CCC=C2CC[C@]3(C)[C@H](CC[C@@H]4[C@@]5(C)CCC(=O)NC(C)(C)[C@@H]5CC[C@]43C)[C@H]21. The minimum atomic E-state index is -0.0989. The third-order valence-electron chi connectivity index (χ3n) is 12.2. The van der Waals surface area contributed by atoms with Crippen LogP contribution >= 0.6 is 0 Å². The second-order valence-electron chi connectivity index (χ2n) is 13.8. The van der Waals surface area contributed by atoms with Crippen molar-refractivity contribution >= 4 is 5.91 Å². The summed E-state index contributed by atoms with van der Waals surface area (Å²) in [5, 5.41) is 3.42. The molecule has 5 rings (SSSR count). The molecule has 32 heavy (non-hydrogen) atoms. The molecule has 2 heteroatoms. The van der Waals surface area contributed by atoms with Crippen molar-refractivity contribution in [3.8, 4) is 0 Å². The monoisotopic (exact) mass is 437 g/mol. The van der Waals surface area contributed by atoms with Crippen molar-refractivity contribution in [1.82, 2.24) is 5.32 Å². The van der Waals surface area contributed by atoms with E-state index in [9.17, 15) is 4.79 Å². The summed E-state index contributed by atoms with van der Waals surface area (Å²) in [5.74, 6) is 3.79. The van der Waals surface area contributed by atoms with Gasteiger partial charge >= 0.3 is 0 Å². The Morgan fingerprint density at radius 3 is 2.41 bits per heavy atom. The van der Waals surface area contributed by atoms with Gasteiger partial charge in [-0.15, -0.1) is 0 Å². The fourth-order valence-corrected chi connectivity index (χ4v) is 10.6. The molecule has 4 aliphatic carbocycles. The first kappa shape index (κ1) is 22.7. The van der Waals surface area contributed by atoms with Gasteiger partial charge < -0.3 is 5.32 Å². The van der Waals surface area contributed by atoms with Crippen molar-refractivity contribution in [3.05, 3.63) is 23.8 Å². The second-order valence-corrected chi connectivity index (χ2v) is 13.8. The molecule has 2 nitrogen and oxygen atoms in total. The van der Waals surface area contributed by atoms with Crippen molar-refractivity contribution in [3.63, 3.8) is 0 Å². The van der Waals surface area contributed by atoms with Crippen molar-refractivity contribution < 1.29 is 4.79 Å². The Labute approximate surface area is 197 Å². The summed E-state index contributed by atoms with van der Waals surface area (Å²) in [6.45, 7) is 19.3. The van der Waals surface area contributed by atoms with E-state index in [0.717, 1.165) is 24.2 Å². The molecule has 0 spiro atoms. The summed E-state index contributed by atoms with van der Waals surface area (Å²) in [4.78, 5) is 12.6. The quantitative estimate of drug-likeness (QED) is 0.424. The van der Waals surface area contributed by atoms with E-state index in [1.165, 1.54) is 56.9 Å². The number of carbonyl (C=O) groups excluding carboxylic acids is 1. The van der Waals surface area contributed by atoms with Gasteiger partial charge in [0, 0.05) is 12.0 Å². The Balaban J connectivity index is 1.55. The molecule has 1 saturated heterocycles. The summed E-state index contributed by atoms with van der Waals surface area (Å²) >= 11 is 0. The molecule has 0 aromatic heterocycles. The van der Waals surface area contributed by atoms with E-state index < -0.39 is 0 Å². The van der Waals surface area contributed by atoms with E-state index in [1.54, 1.807) is 5.57 Å². The lowest BCUT2D eigenvalue weighted by Crippen LogP contribution is -2.65. The average molecular weight is 438 g/mol. The van der Waals surface area contributed by atoms with Crippen LogP contribution in [-0.4, -0.2) is 11.4 Å². The van der Waals surface area contributed by atoms with Gasteiger partial charge in [-0.3, -0.25) is 4.79 Å². The average Bonchev–Trinajstić information content (AvgIpc) is 2.80. The number of allylic oxidation sites excluding steroid dienone is 3. The van der Waals surface area contributed by atoms with Crippen molar-refractivity contribution in [2.24, 2.45) is 45.8 Å². The van der Waals surface area contributed by atoms with Gasteiger partial charge in [-0.1, -0.05) is 44.6 Å². The highest BCUT2D eigenvalue weighted by molar-refractivity contribution is 5.77. The van der Waals surface area contributed by atoms with Crippen LogP contribution in [0.25, 0.3) is 0 Å². The molecule has 4 fully saturated rings. The normalized spacial score (nSPS) is 49.9. The molecule has 1 heterocycles.